The van der Waals surface area contributed by atoms with E-state index in [1.807, 2.05) is 0 Å². The lowest BCUT2D eigenvalue weighted by Gasteiger charge is -2.11. The number of hydrogen-bond donors (Lipinski definition) is 1. The van der Waals surface area contributed by atoms with E-state index >= 15 is 0 Å². The summed E-state index contributed by atoms with van der Waals surface area (Å²) < 4.78 is 0. The minimum Gasteiger partial charge on any atom is -0.316 e. The first-order chi connectivity index (χ1) is 7.33. The van der Waals surface area contributed by atoms with Crippen molar-refractivity contribution >= 4 is 0 Å². The van der Waals surface area contributed by atoms with Crippen molar-refractivity contribution in [3.05, 3.63) is 35.9 Å². The fourth-order valence-electron chi connectivity index (χ4n) is 1.82. The molecule has 1 N–H and O–H groups in total. The summed E-state index contributed by atoms with van der Waals surface area (Å²) in [5.41, 5.74) is 1.42. The molecule has 0 heterocycles. The number of nitrogens with one attached hydrogen (secondary N) is 1. The fraction of sp³-hybridized carbons (Fsp3) is 0.571. The molecule has 0 aliphatic heterocycles. The molecule has 1 nitrogen and oxygen atoms in total. The predicted octanol–water partition coefficient (Wildman–Crippen LogP) is 3.25. The van der Waals surface area contributed by atoms with Crippen molar-refractivity contribution in [3.63, 3.8) is 0 Å². The molecular formula is C14H23N. The molecule has 1 heteroatoms. The van der Waals surface area contributed by atoms with Crippen molar-refractivity contribution in [1.29, 1.82) is 0 Å². The smallest absolute Gasteiger partial charge is 0.000824 e. The van der Waals surface area contributed by atoms with E-state index in [1.54, 1.807) is 0 Å². The largest absolute Gasteiger partial charge is 0.316 e. The molecule has 1 unspecified atom stereocenters. The zero-order valence-corrected chi connectivity index (χ0v) is 10.00. The van der Waals surface area contributed by atoms with Gasteiger partial charge in [0.15, 0.2) is 0 Å². The van der Waals surface area contributed by atoms with Gasteiger partial charge in [0, 0.05) is 0 Å². The summed E-state index contributed by atoms with van der Waals surface area (Å²) in [6.07, 6.45) is 3.76. The number of rotatable bonds is 7. The Morgan fingerprint density at radius 1 is 1.20 bits per heavy atom. The quantitative estimate of drug-likeness (QED) is 0.674. The van der Waals surface area contributed by atoms with Crippen LogP contribution in [0.4, 0.5) is 0 Å². The van der Waals surface area contributed by atoms with Gasteiger partial charge in [-0.3, -0.25) is 0 Å². The third kappa shape index (κ3) is 5.58. The van der Waals surface area contributed by atoms with Gasteiger partial charge in [-0.1, -0.05) is 50.6 Å². The Bertz CT molecular complexity index is 243. The maximum absolute atomic E-state index is 3.52. The lowest BCUT2D eigenvalue weighted by molar-refractivity contribution is 0.478. The van der Waals surface area contributed by atoms with Gasteiger partial charge in [0.1, 0.15) is 0 Å². The Balaban J connectivity index is 2.07. The molecule has 1 rings (SSSR count). The molecule has 0 aliphatic rings. The van der Waals surface area contributed by atoms with Gasteiger partial charge in [-0.15, -0.1) is 0 Å². The van der Waals surface area contributed by atoms with Gasteiger partial charge in [-0.2, -0.15) is 0 Å². The first-order valence-corrected chi connectivity index (χ1v) is 6.07. The third-order valence-corrected chi connectivity index (χ3v) is 2.71. The van der Waals surface area contributed by atoms with Crippen molar-refractivity contribution in [2.75, 3.05) is 13.1 Å². The van der Waals surface area contributed by atoms with E-state index in [9.17, 15) is 0 Å². The zero-order valence-electron chi connectivity index (χ0n) is 10.00. The average Bonchev–Trinajstić information content (AvgIpc) is 2.26. The molecule has 0 saturated carbocycles. The minimum absolute atomic E-state index is 0.811. The monoisotopic (exact) mass is 205 g/mol. The maximum atomic E-state index is 3.52. The summed E-state index contributed by atoms with van der Waals surface area (Å²) in [5.74, 6) is 0.811. The van der Waals surface area contributed by atoms with Gasteiger partial charge in [0.05, 0.1) is 0 Å². The van der Waals surface area contributed by atoms with E-state index in [-0.39, 0.29) is 0 Å². The highest BCUT2D eigenvalue weighted by molar-refractivity contribution is 5.14. The van der Waals surface area contributed by atoms with E-state index in [0.717, 1.165) is 25.4 Å². The first-order valence-electron chi connectivity index (χ1n) is 6.07. The first kappa shape index (κ1) is 12.3. The molecule has 0 aliphatic carbocycles. The molecule has 0 fully saturated rings. The molecule has 1 aromatic carbocycles. The van der Waals surface area contributed by atoms with Crippen LogP contribution in [0.15, 0.2) is 30.3 Å². The summed E-state index contributed by atoms with van der Waals surface area (Å²) in [6.45, 7) is 6.82. The highest BCUT2D eigenvalue weighted by atomic mass is 14.8. The van der Waals surface area contributed by atoms with Crippen LogP contribution in [-0.4, -0.2) is 13.1 Å². The fourth-order valence-corrected chi connectivity index (χ4v) is 1.82. The van der Waals surface area contributed by atoms with Crippen molar-refractivity contribution in [2.24, 2.45) is 5.92 Å². The Hall–Kier alpha value is -0.820. The van der Waals surface area contributed by atoms with Crippen molar-refractivity contribution in [2.45, 2.75) is 33.1 Å². The second-order valence-corrected chi connectivity index (χ2v) is 4.33. The van der Waals surface area contributed by atoms with Gasteiger partial charge in [0.25, 0.3) is 0 Å². The maximum Gasteiger partial charge on any atom is -0.000824 e. The standard InChI is InChI=1S/C14H23N/c1-3-7-13(2)12-15-11-10-14-8-5-4-6-9-14/h4-6,8-9,13,15H,3,7,10-12H2,1-2H3. The highest BCUT2D eigenvalue weighted by Crippen LogP contribution is 2.03. The molecular weight excluding hydrogens is 182 g/mol. The molecule has 1 aromatic rings. The SMILES string of the molecule is CCCC(C)CNCCc1ccccc1. The second-order valence-electron chi connectivity index (χ2n) is 4.33. The topological polar surface area (TPSA) is 12.0 Å². The molecule has 84 valence electrons. The molecule has 0 saturated heterocycles. The van der Waals surface area contributed by atoms with E-state index in [1.165, 1.54) is 18.4 Å². The van der Waals surface area contributed by atoms with Gasteiger partial charge in [-0.25, -0.2) is 0 Å². The van der Waals surface area contributed by atoms with Crippen LogP contribution < -0.4 is 5.32 Å². The Morgan fingerprint density at radius 3 is 2.60 bits per heavy atom. The van der Waals surface area contributed by atoms with Crippen LogP contribution in [0, 0.1) is 5.92 Å². The lowest BCUT2D eigenvalue weighted by atomic mass is 10.1. The van der Waals surface area contributed by atoms with Gasteiger partial charge in [-0.05, 0) is 37.4 Å². The van der Waals surface area contributed by atoms with E-state index in [0.29, 0.717) is 0 Å². The Morgan fingerprint density at radius 2 is 1.93 bits per heavy atom. The molecule has 15 heavy (non-hydrogen) atoms. The molecule has 0 radical (unpaired) electrons. The molecule has 0 aromatic heterocycles. The molecule has 0 bridgehead atoms. The van der Waals surface area contributed by atoms with Crippen molar-refractivity contribution in [3.8, 4) is 0 Å². The normalized spacial score (nSPS) is 12.7. The van der Waals surface area contributed by atoms with E-state index in [4.69, 9.17) is 0 Å². The summed E-state index contributed by atoms with van der Waals surface area (Å²) in [7, 11) is 0. The van der Waals surface area contributed by atoms with Crippen LogP contribution >= 0.6 is 0 Å². The van der Waals surface area contributed by atoms with Crippen LogP contribution in [0.1, 0.15) is 32.3 Å². The summed E-state index contributed by atoms with van der Waals surface area (Å²) in [5, 5.41) is 3.52. The molecule has 1 atom stereocenters. The van der Waals surface area contributed by atoms with Crippen molar-refractivity contribution in [1.82, 2.24) is 5.32 Å². The van der Waals surface area contributed by atoms with Crippen molar-refractivity contribution < 1.29 is 0 Å². The molecule has 0 spiro atoms. The van der Waals surface area contributed by atoms with Gasteiger partial charge in [0.2, 0.25) is 0 Å². The summed E-state index contributed by atoms with van der Waals surface area (Å²) >= 11 is 0. The van der Waals surface area contributed by atoms with E-state index < -0.39 is 0 Å². The second kappa shape index (κ2) is 7.47. The summed E-state index contributed by atoms with van der Waals surface area (Å²) in [6, 6.07) is 10.7. The molecule has 0 amide bonds. The minimum atomic E-state index is 0.811. The highest BCUT2D eigenvalue weighted by Gasteiger charge is 1.99. The van der Waals surface area contributed by atoms with Gasteiger partial charge >= 0.3 is 0 Å². The zero-order chi connectivity index (χ0) is 10.9. The number of hydrogen-bond acceptors (Lipinski definition) is 1. The lowest BCUT2D eigenvalue weighted by Crippen LogP contribution is -2.23. The average molecular weight is 205 g/mol. The predicted molar refractivity (Wildman–Crippen MR) is 67.1 cm³/mol. The summed E-state index contributed by atoms with van der Waals surface area (Å²) in [4.78, 5) is 0. The third-order valence-electron chi connectivity index (χ3n) is 2.71. The van der Waals surface area contributed by atoms with E-state index in [2.05, 4.69) is 49.5 Å². The number of benzene rings is 1. The van der Waals surface area contributed by atoms with Crippen LogP contribution in [0.2, 0.25) is 0 Å². The van der Waals surface area contributed by atoms with Crippen LogP contribution in [0.3, 0.4) is 0 Å². The Labute approximate surface area is 93.9 Å². The van der Waals surface area contributed by atoms with Gasteiger partial charge < -0.3 is 5.32 Å². The Kier molecular flexibility index (Phi) is 6.10. The van der Waals surface area contributed by atoms with Crippen LogP contribution in [0.5, 0.6) is 0 Å². The van der Waals surface area contributed by atoms with Crippen LogP contribution in [0.25, 0.3) is 0 Å². The van der Waals surface area contributed by atoms with Crippen LogP contribution in [-0.2, 0) is 6.42 Å².